The van der Waals surface area contributed by atoms with Crippen LogP contribution in [-0.4, -0.2) is 40.3 Å². The van der Waals surface area contributed by atoms with Crippen LogP contribution in [0.15, 0.2) is 5.16 Å². The van der Waals surface area contributed by atoms with Crippen molar-refractivity contribution in [3.8, 4) is 0 Å². The number of piperidine rings is 1. The van der Waals surface area contributed by atoms with Gasteiger partial charge in [-0.1, -0.05) is 24.6 Å². The Kier molecular flexibility index (Phi) is 4.60. The Morgan fingerprint density at radius 3 is 2.45 bits per heavy atom. The van der Waals surface area contributed by atoms with E-state index < -0.39 is 0 Å². The minimum Gasteiger partial charge on any atom is -0.357 e. The monoisotopic (exact) mass is 293 g/mol. The van der Waals surface area contributed by atoms with E-state index in [2.05, 4.69) is 20.2 Å². The number of nitrogens with one attached hydrogen (secondary N) is 1. The van der Waals surface area contributed by atoms with Gasteiger partial charge in [-0.3, -0.25) is 0 Å². The fourth-order valence-electron chi connectivity index (χ4n) is 2.90. The molecule has 2 heterocycles. The quantitative estimate of drug-likeness (QED) is 0.921. The molecular weight excluding hydrogens is 270 g/mol. The molecule has 1 aliphatic carbocycles. The smallest absolute Gasteiger partial charge is 0.231 e. The largest absolute Gasteiger partial charge is 0.357 e. The van der Waals surface area contributed by atoms with Gasteiger partial charge >= 0.3 is 0 Å². The Hall–Kier alpha value is -1.04. The summed E-state index contributed by atoms with van der Waals surface area (Å²) < 4.78 is 0. The van der Waals surface area contributed by atoms with E-state index in [0.717, 1.165) is 24.2 Å². The third-order valence-electron chi connectivity index (χ3n) is 4.04. The molecule has 0 aromatic carbocycles. The van der Waals surface area contributed by atoms with E-state index in [1.807, 2.05) is 18.8 Å². The first kappa shape index (κ1) is 13.9. The summed E-state index contributed by atoms with van der Waals surface area (Å²) >= 11 is 1.83. The summed E-state index contributed by atoms with van der Waals surface area (Å²) in [7, 11) is 1.87. The zero-order chi connectivity index (χ0) is 13.8. The molecule has 6 heteroatoms. The van der Waals surface area contributed by atoms with Crippen molar-refractivity contribution in [3.63, 3.8) is 0 Å². The second-order valence-electron chi connectivity index (χ2n) is 5.56. The number of nitrogens with zero attached hydrogens (tertiary/aromatic N) is 4. The highest BCUT2D eigenvalue weighted by molar-refractivity contribution is 7.99. The van der Waals surface area contributed by atoms with Gasteiger partial charge in [0, 0.05) is 25.4 Å². The van der Waals surface area contributed by atoms with Crippen molar-refractivity contribution >= 4 is 23.7 Å². The maximum atomic E-state index is 4.70. The number of anilines is 2. The molecule has 0 atom stereocenters. The summed E-state index contributed by atoms with van der Waals surface area (Å²) in [5.41, 5.74) is 0. The first-order valence-corrected chi connectivity index (χ1v) is 8.58. The molecule has 1 saturated heterocycles. The standard InChI is InChI=1S/C14H23N5S/c1-15-12-16-13(19-9-5-2-6-10-19)18-14(17-12)20-11-7-3-4-8-11/h11H,2-10H2,1H3,(H,15,16,17,18). The van der Waals surface area contributed by atoms with E-state index in [9.17, 15) is 0 Å². The van der Waals surface area contributed by atoms with Crippen molar-refractivity contribution in [1.82, 2.24) is 15.0 Å². The van der Waals surface area contributed by atoms with Crippen LogP contribution in [0.5, 0.6) is 0 Å². The molecule has 0 radical (unpaired) electrons. The van der Waals surface area contributed by atoms with Crippen molar-refractivity contribution in [2.45, 2.75) is 55.4 Å². The van der Waals surface area contributed by atoms with Gasteiger partial charge in [-0.15, -0.1) is 0 Å². The first-order valence-electron chi connectivity index (χ1n) is 7.70. The second-order valence-corrected chi connectivity index (χ2v) is 6.83. The van der Waals surface area contributed by atoms with Gasteiger partial charge in [-0.05, 0) is 32.1 Å². The predicted octanol–water partition coefficient (Wildman–Crippen LogP) is 2.94. The summed E-state index contributed by atoms with van der Waals surface area (Å²) in [5, 5.41) is 4.65. The van der Waals surface area contributed by atoms with Crippen LogP contribution in [0, 0.1) is 0 Å². The molecule has 0 amide bonds. The lowest BCUT2D eigenvalue weighted by molar-refractivity contribution is 0.565. The highest BCUT2D eigenvalue weighted by atomic mass is 32.2. The van der Waals surface area contributed by atoms with Crippen LogP contribution in [0.2, 0.25) is 0 Å². The number of thioether (sulfide) groups is 1. The Bertz CT molecular complexity index is 441. The molecule has 20 heavy (non-hydrogen) atoms. The van der Waals surface area contributed by atoms with E-state index in [-0.39, 0.29) is 0 Å². The van der Waals surface area contributed by atoms with Crippen LogP contribution in [-0.2, 0) is 0 Å². The van der Waals surface area contributed by atoms with Crippen molar-refractivity contribution < 1.29 is 0 Å². The Labute approximate surface area is 125 Å². The van der Waals surface area contributed by atoms with Gasteiger partial charge in [-0.2, -0.15) is 15.0 Å². The van der Waals surface area contributed by atoms with Crippen LogP contribution in [0.4, 0.5) is 11.9 Å². The summed E-state index contributed by atoms with van der Waals surface area (Å²) in [4.78, 5) is 16.0. The summed E-state index contributed by atoms with van der Waals surface area (Å²) in [6.45, 7) is 2.14. The highest BCUT2D eigenvalue weighted by Crippen LogP contribution is 2.33. The SMILES string of the molecule is CNc1nc(SC2CCCC2)nc(N2CCCCC2)n1. The van der Waals surface area contributed by atoms with Gasteiger partial charge in [0.15, 0.2) is 5.16 Å². The van der Waals surface area contributed by atoms with E-state index in [0.29, 0.717) is 11.2 Å². The molecule has 1 aliphatic heterocycles. The Morgan fingerprint density at radius 2 is 1.75 bits per heavy atom. The molecule has 1 N–H and O–H groups in total. The van der Waals surface area contributed by atoms with E-state index in [1.165, 1.54) is 44.9 Å². The molecule has 0 bridgehead atoms. The van der Waals surface area contributed by atoms with E-state index in [1.54, 1.807) is 0 Å². The van der Waals surface area contributed by atoms with Gasteiger partial charge in [0.05, 0.1) is 0 Å². The zero-order valence-electron chi connectivity index (χ0n) is 12.1. The number of hydrogen-bond donors (Lipinski definition) is 1. The second kappa shape index (κ2) is 6.61. The highest BCUT2D eigenvalue weighted by Gasteiger charge is 2.20. The lowest BCUT2D eigenvalue weighted by Gasteiger charge is -2.27. The maximum absolute atomic E-state index is 4.70. The van der Waals surface area contributed by atoms with Crippen LogP contribution in [0.1, 0.15) is 44.9 Å². The molecule has 0 unspecified atom stereocenters. The third-order valence-corrected chi connectivity index (χ3v) is 5.24. The lowest BCUT2D eigenvalue weighted by Crippen LogP contribution is -2.31. The van der Waals surface area contributed by atoms with Crippen molar-refractivity contribution in [2.24, 2.45) is 0 Å². The van der Waals surface area contributed by atoms with Gasteiger partial charge in [0.2, 0.25) is 11.9 Å². The van der Waals surface area contributed by atoms with Crippen molar-refractivity contribution in [3.05, 3.63) is 0 Å². The van der Waals surface area contributed by atoms with Crippen LogP contribution >= 0.6 is 11.8 Å². The molecular formula is C14H23N5S. The molecule has 3 rings (SSSR count). The van der Waals surface area contributed by atoms with Crippen molar-refractivity contribution in [2.75, 3.05) is 30.4 Å². The average Bonchev–Trinajstić information content (AvgIpc) is 3.00. The van der Waals surface area contributed by atoms with Gasteiger partial charge in [0.1, 0.15) is 0 Å². The Balaban J connectivity index is 1.77. The molecule has 1 aromatic rings. The fraction of sp³-hybridized carbons (Fsp3) is 0.786. The van der Waals surface area contributed by atoms with Crippen LogP contribution in [0.3, 0.4) is 0 Å². The zero-order valence-corrected chi connectivity index (χ0v) is 13.0. The normalized spacial score (nSPS) is 20.4. The third kappa shape index (κ3) is 3.34. The van der Waals surface area contributed by atoms with Gasteiger partial charge in [0.25, 0.3) is 0 Å². The molecule has 2 fully saturated rings. The molecule has 1 aromatic heterocycles. The minimum absolute atomic E-state index is 0.691. The Morgan fingerprint density at radius 1 is 1.00 bits per heavy atom. The van der Waals surface area contributed by atoms with E-state index >= 15 is 0 Å². The molecule has 1 saturated carbocycles. The predicted molar refractivity (Wildman–Crippen MR) is 83.6 cm³/mol. The maximum Gasteiger partial charge on any atom is 0.231 e. The summed E-state index contributed by atoms with van der Waals surface area (Å²) in [6, 6.07) is 0. The van der Waals surface area contributed by atoms with E-state index in [4.69, 9.17) is 4.98 Å². The minimum atomic E-state index is 0.691. The van der Waals surface area contributed by atoms with Gasteiger partial charge < -0.3 is 10.2 Å². The topological polar surface area (TPSA) is 53.9 Å². The van der Waals surface area contributed by atoms with Crippen LogP contribution in [0.25, 0.3) is 0 Å². The lowest BCUT2D eigenvalue weighted by atomic mass is 10.1. The molecule has 0 spiro atoms. The molecule has 5 nitrogen and oxygen atoms in total. The summed E-state index contributed by atoms with van der Waals surface area (Å²) in [5.74, 6) is 1.55. The fourth-order valence-corrected chi connectivity index (χ4v) is 4.04. The van der Waals surface area contributed by atoms with Crippen LogP contribution < -0.4 is 10.2 Å². The first-order chi connectivity index (χ1) is 9.85. The number of rotatable bonds is 4. The summed E-state index contributed by atoms with van der Waals surface area (Å²) in [6.07, 6.45) is 9.09. The van der Waals surface area contributed by atoms with Gasteiger partial charge in [-0.25, -0.2) is 0 Å². The van der Waals surface area contributed by atoms with Crippen molar-refractivity contribution in [1.29, 1.82) is 0 Å². The number of aromatic nitrogens is 3. The number of hydrogen-bond acceptors (Lipinski definition) is 6. The molecule has 2 aliphatic rings. The average molecular weight is 293 g/mol. The molecule has 110 valence electrons.